The third kappa shape index (κ3) is 3.22. The van der Waals surface area contributed by atoms with E-state index in [0.29, 0.717) is 10.8 Å². The molecule has 1 unspecified atom stereocenters. The molecular formula is C21H17ClN2OS. The number of aryl methyl sites for hydroxylation is 1. The van der Waals surface area contributed by atoms with Crippen molar-refractivity contribution in [3.63, 3.8) is 0 Å². The van der Waals surface area contributed by atoms with Crippen molar-refractivity contribution in [2.45, 2.75) is 12.3 Å². The van der Waals surface area contributed by atoms with Crippen molar-refractivity contribution in [2.24, 2.45) is 0 Å². The van der Waals surface area contributed by atoms with Crippen LogP contribution in [0.2, 0.25) is 5.02 Å². The Morgan fingerprint density at radius 3 is 2.54 bits per heavy atom. The van der Waals surface area contributed by atoms with Gasteiger partial charge in [0.1, 0.15) is 5.37 Å². The topological polar surface area (TPSA) is 33.2 Å². The first kappa shape index (κ1) is 17.1. The Morgan fingerprint density at radius 1 is 1.08 bits per heavy atom. The number of carbonyl (C=O) groups excluding carboxylic acids is 1. The number of hydrogen-bond donors (Lipinski definition) is 0. The van der Waals surface area contributed by atoms with E-state index in [-0.39, 0.29) is 11.3 Å². The van der Waals surface area contributed by atoms with Gasteiger partial charge in [-0.1, -0.05) is 41.4 Å². The third-order valence-electron chi connectivity index (χ3n) is 4.45. The number of thioether (sulfide) groups is 1. The first-order valence-corrected chi connectivity index (χ1v) is 9.76. The maximum Gasteiger partial charge on any atom is 0.238 e. The Balaban J connectivity index is 1.78. The number of pyridine rings is 1. The summed E-state index contributed by atoms with van der Waals surface area (Å²) in [5.74, 6) is 0.552. The fraction of sp³-hybridized carbons (Fsp3) is 0.143. The molecule has 1 aliphatic heterocycles. The minimum absolute atomic E-state index is 0.0982. The summed E-state index contributed by atoms with van der Waals surface area (Å²) in [6, 6.07) is 17.9. The molecule has 0 radical (unpaired) electrons. The van der Waals surface area contributed by atoms with Crippen molar-refractivity contribution in [2.75, 3.05) is 10.7 Å². The van der Waals surface area contributed by atoms with E-state index in [4.69, 9.17) is 11.6 Å². The number of rotatable bonds is 3. The molecule has 0 N–H and O–H groups in total. The van der Waals surface area contributed by atoms with Gasteiger partial charge < -0.3 is 0 Å². The zero-order chi connectivity index (χ0) is 18.1. The van der Waals surface area contributed by atoms with Crippen molar-refractivity contribution >= 4 is 35.0 Å². The summed E-state index contributed by atoms with van der Waals surface area (Å²) in [5, 5.41) is 0.556. The van der Waals surface area contributed by atoms with Crippen LogP contribution in [-0.2, 0) is 4.79 Å². The molecule has 2 heterocycles. The van der Waals surface area contributed by atoms with Crippen molar-refractivity contribution in [3.05, 3.63) is 83.1 Å². The van der Waals surface area contributed by atoms with Gasteiger partial charge in [0.25, 0.3) is 0 Å². The highest BCUT2D eigenvalue weighted by Crippen LogP contribution is 2.44. The van der Waals surface area contributed by atoms with Crippen molar-refractivity contribution in [1.82, 2.24) is 4.98 Å². The van der Waals surface area contributed by atoms with E-state index in [0.717, 1.165) is 22.4 Å². The van der Waals surface area contributed by atoms with Crippen molar-refractivity contribution in [1.29, 1.82) is 0 Å². The molecule has 1 aliphatic rings. The first-order chi connectivity index (χ1) is 12.6. The summed E-state index contributed by atoms with van der Waals surface area (Å²) in [4.78, 5) is 18.8. The van der Waals surface area contributed by atoms with Crippen LogP contribution in [0.1, 0.15) is 16.5 Å². The van der Waals surface area contributed by atoms with Gasteiger partial charge in [0.2, 0.25) is 5.91 Å². The van der Waals surface area contributed by atoms with Gasteiger partial charge in [-0.2, -0.15) is 0 Å². The van der Waals surface area contributed by atoms with Gasteiger partial charge in [0.05, 0.1) is 5.75 Å². The van der Waals surface area contributed by atoms with Gasteiger partial charge in [-0.15, -0.1) is 11.8 Å². The first-order valence-electron chi connectivity index (χ1n) is 8.33. The largest absolute Gasteiger partial charge is 0.295 e. The Bertz CT molecular complexity index is 941. The number of halogens is 1. The molecule has 3 aromatic rings. The van der Waals surface area contributed by atoms with Gasteiger partial charge in [-0.3, -0.25) is 14.7 Å². The summed E-state index contributed by atoms with van der Waals surface area (Å²) in [6.45, 7) is 2.07. The third-order valence-corrected chi connectivity index (χ3v) is 5.90. The number of aromatic nitrogens is 1. The molecule has 1 atom stereocenters. The van der Waals surface area contributed by atoms with Crippen LogP contribution in [0.4, 0.5) is 5.69 Å². The number of nitrogens with zero attached hydrogens (tertiary/aromatic N) is 2. The summed E-state index contributed by atoms with van der Waals surface area (Å²) in [6.07, 6.45) is 3.67. The summed E-state index contributed by atoms with van der Waals surface area (Å²) in [7, 11) is 0. The molecule has 1 saturated heterocycles. The molecule has 2 aromatic carbocycles. The maximum atomic E-state index is 12.6. The van der Waals surface area contributed by atoms with Crippen LogP contribution in [0, 0.1) is 6.92 Å². The van der Waals surface area contributed by atoms with E-state index in [2.05, 4.69) is 36.2 Å². The minimum atomic E-state index is -0.103. The van der Waals surface area contributed by atoms with E-state index >= 15 is 0 Å². The van der Waals surface area contributed by atoms with Gasteiger partial charge in [-0.05, 0) is 48.4 Å². The standard InChI is InChI=1S/C21H17ClN2OS/c1-14-2-4-15(5-3-14)18-10-11-23-12-19(18)21-24(20(25)13-26-21)17-8-6-16(22)7-9-17/h2-12,21H,13H2,1H3. The van der Waals surface area contributed by atoms with Crippen LogP contribution < -0.4 is 4.90 Å². The average molecular weight is 381 g/mol. The molecule has 4 rings (SSSR count). The quantitative estimate of drug-likeness (QED) is 0.602. The molecule has 5 heteroatoms. The number of hydrogen-bond acceptors (Lipinski definition) is 3. The molecule has 130 valence electrons. The Hall–Kier alpha value is -2.30. The second-order valence-electron chi connectivity index (χ2n) is 6.23. The van der Waals surface area contributed by atoms with Crippen LogP contribution in [0.3, 0.4) is 0 Å². The van der Waals surface area contributed by atoms with E-state index in [9.17, 15) is 4.79 Å². The van der Waals surface area contributed by atoms with E-state index in [1.165, 1.54) is 5.56 Å². The molecule has 0 spiro atoms. The van der Waals surface area contributed by atoms with Crippen LogP contribution in [-0.4, -0.2) is 16.6 Å². The SMILES string of the molecule is Cc1ccc(-c2ccncc2C2SCC(=O)N2c2ccc(Cl)cc2)cc1. The predicted octanol–water partition coefficient (Wildman–Crippen LogP) is 5.49. The van der Waals surface area contributed by atoms with Crippen LogP contribution in [0.25, 0.3) is 11.1 Å². The normalized spacial score (nSPS) is 16.9. The molecule has 1 amide bonds. The lowest BCUT2D eigenvalue weighted by Gasteiger charge is -2.26. The highest BCUT2D eigenvalue weighted by atomic mass is 35.5. The summed E-state index contributed by atoms with van der Waals surface area (Å²) >= 11 is 7.63. The smallest absolute Gasteiger partial charge is 0.238 e. The Labute approximate surface area is 162 Å². The highest BCUT2D eigenvalue weighted by Gasteiger charge is 2.35. The van der Waals surface area contributed by atoms with E-state index in [1.807, 2.05) is 41.4 Å². The zero-order valence-corrected chi connectivity index (χ0v) is 15.8. The number of anilines is 1. The molecule has 0 bridgehead atoms. The lowest BCUT2D eigenvalue weighted by molar-refractivity contribution is -0.115. The van der Waals surface area contributed by atoms with Crippen molar-refractivity contribution < 1.29 is 4.79 Å². The van der Waals surface area contributed by atoms with Crippen LogP contribution in [0.15, 0.2) is 67.0 Å². The van der Waals surface area contributed by atoms with Crippen LogP contribution in [0.5, 0.6) is 0 Å². The van der Waals surface area contributed by atoms with E-state index in [1.54, 1.807) is 18.0 Å². The van der Waals surface area contributed by atoms with Gasteiger partial charge >= 0.3 is 0 Å². The summed E-state index contributed by atoms with van der Waals surface area (Å²) in [5.41, 5.74) is 5.35. The maximum absolute atomic E-state index is 12.6. The molecule has 0 aliphatic carbocycles. The number of carbonyl (C=O) groups is 1. The molecule has 26 heavy (non-hydrogen) atoms. The minimum Gasteiger partial charge on any atom is -0.295 e. The van der Waals surface area contributed by atoms with E-state index < -0.39 is 0 Å². The second kappa shape index (κ2) is 7.14. The lowest BCUT2D eigenvalue weighted by atomic mass is 10.00. The molecular weight excluding hydrogens is 364 g/mol. The number of amides is 1. The zero-order valence-electron chi connectivity index (χ0n) is 14.2. The Morgan fingerprint density at radius 2 is 1.81 bits per heavy atom. The number of benzene rings is 2. The predicted molar refractivity (Wildman–Crippen MR) is 109 cm³/mol. The van der Waals surface area contributed by atoms with Gasteiger partial charge in [0.15, 0.2) is 0 Å². The second-order valence-corrected chi connectivity index (χ2v) is 7.74. The van der Waals surface area contributed by atoms with Crippen molar-refractivity contribution in [3.8, 4) is 11.1 Å². The Kier molecular flexibility index (Phi) is 4.70. The lowest BCUT2D eigenvalue weighted by Crippen LogP contribution is -2.28. The fourth-order valence-electron chi connectivity index (χ4n) is 3.13. The molecule has 3 nitrogen and oxygen atoms in total. The average Bonchev–Trinajstić information content (AvgIpc) is 3.04. The monoisotopic (exact) mass is 380 g/mol. The fourth-order valence-corrected chi connectivity index (χ4v) is 4.46. The summed E-state index contributed by atoms with van der Waals surface area (Å²) < 4.78 is 0. The highest BCUT2D eigenvalue weighted by molar-refractivity contribution is 8.00. The van der Waals surface area contributed by atoms with Gasteiger partial charge in [-0.25, -0.2) is 0 Å². The van der Waals surface area contributed by atoms with Crippen LogP contribution >= 0.6 is 23.4 Å². The molecule has 1 aromatic heterocycles. The molecule has 0 saturated carbocycles. The molecule has 1 fully saturated rings. The van der Waals surface area contributed by atoms with Gasteiger partial charge in [0, 0.05) is 28.7 Å².